The van der Waals surface area contributed by atoms with Crippen LogP contribution >= 0.6 is 11.3 Å². The van der Waals surface area contributed by atoms with E-state index in [1.54, 1.807) is 0 Å². The van der Waals surface area contributed by atoms with Crippen LogP contribution in [0.5, 0.6) is 0 Å². The molecule has 1 aliphatic heterocycles. The van der Waals surface area contributed by atoms with Gasteiger partial charge in [-0.25, -0.2) is 4.98 Å². The lowest BCUT2D eigenvalue weighted by molar-refractivity contribution is -0.0283. The quantitative estimate of drug-likeness (QED) is 0.868. The van der Waals surface area contributed by atoms with Crippen LogP contribution in [-0.4, -0.2) is 43.2 Å². The summed E-state index contributed by atoms with van der Waals surface area (Å²) in [6.45, 7) is 9.27. The van der Waals surface area contributed by atoms with E-state index in [4.69, 9.17) is 9.72 Å². The van der Waals surface area contributed by atoms with Gasteiger partial charge >= 0.3 is 0 Å². The van der Waals surface area contributed by atoms with Crippen molar-refractivity contribution in [2.75, 3.05) is 33.3 Å². The van der Waals surface area contributed by atoms with E-state index in [9.17, 15) is 0 Å². The molecule has 19 heavy (non-hydrogen) atoms. The van der Waals surface area contributed by atoms with Gasteiger partial charge in [0.05, 0.1) is 12.3 Å². The van der Waals surface area contributed by atoms with Crippen LogP contribution in [0.2, 0.25) is 0 Å². The second-order valence-corrected chi connectivity index (χ2v) is 6.07. The van der Waals surface area contributed by atoms with Crippen LogP contribution in [0.15, 0.2) is 0 Å². The van der Waals surface area contributed by atoms with E-state index in [1.165, 1.54) is 10.6 Å². The van der Waals surface area contributed by atoms with Crippen molar-refractivity contribution in [3.05, 3.63) is 15.6 Å². The highest BCUT2D eigenvalue weighted by atomic mass is 32.1. The average Bonchev–Trinajstić information content (AvgIpc) is 2.83. The van der Waals surface area contributed by atoms with Gasteiger partial charge in [0.15, 0.2) is 0 Å². The zero-order valence-electron chi connectivity index (χ0n) is 12.2. The van der Waals surface area contributed by atoms with Gasteiger partial charge in [0.1, 0.15) is 11.1 Å². The molecule has 1 unspecified atom stereocenters. The summed E-state index contributed by atoms with van der Waals surface area (Å²) in [5.74, 6) is 0. The Morgan fingerprint density at radius 1 is 1.47 bits per heavy atom. The van der Waals surface area contributed by atoms with E-state index in [0.717, 1.165) is 50.6 Å². The van der Waals surface area contributed by atoms with Crippen LogP contribution in [-0.2, 0) is 17.7 Å². The van der Waals surface area contributed by atoms with Crippen LogP contribution in [0.25, 0.3) is 0 Å². The summed E-state index contributed by atoms with van der Waals surface area (Å²) in [6, 6.07) is 0. The van der Waals surface area contributed by atoms with E-state index in [-0.39, 0.29) is 6.10 Å². The number of likely N-dealkylation sites (N-methyl/N-ethyl adjacent to an activating group) is 1. The molecule has 1 atom stereocenters. The lowest BCUT2D eigenvalue weighted by Crippen LogP contribution is -2.38. The standard InChI is InChI=1S/C14H25N3OS/c1-4-6-11-13(9-15-3)19-14(16-11)12-10-17(5-2)7-8-18-12/h12,15H,4-10H2,1-3H3. The van der Waals surface area contributed by atoms with Crippen molar-refractivity contribution in [3.8, 4) is 0 Å². The Morgan fingerprint density at radius 3 is 3.00 bits per heavy atom. The highest BCUT2D eigenvalue weighted by Gasteiger charge is 2.24. The second kappa shape index (κ2) is 7.33. The Morgan fingerprint density at radius 2 is 2.32 bits per heavy atom. The molecule has 0 saturated carbocycles. The first-order valence-electron chi connectivity index (χ1n) is 7.25. The molecular weight excluding hydrogens is 258 g/mol. The van der Waals surface area contributed by atoms with Crippen molar-refractivity contribution >= 4 is 11.3 Å². The number of nitrogens with one attached hydrogen (secondary N) is 1. The van der Waals surface area contributed by atoms with Gasteiger partial charge in [-0.3, -0.25) is 4.90 Å². The maximum atomic E-state index is 5.91. The maximum absolute atomic E-state index is 5.91. The maximum Gasteiger partial charge on any atom is 0.123 e. The van der Waals surface area contributed by atoms with Crippen molar-refractivity contribution in [3.63, 3.8) is 0 Å². The minimum atomic E-state index is 0.167. The topological polar surface area (TPSA) is 37.4 Å². The minimum Gasteiger partial charge on any atom is -0.368 e. The molecule has 108 valence electrons. The summed E-state index contributed by atoms with van der Waals surface area (Å²) < 4.78 is 5.91. The molecule has 0 amide bonds. The number of ether oxygens (including phenoxy) is 1. The molecule has 0 spiro atoms. The fraction of sp³-hybridized carbons (Fsp3) is 0.786. The zero-order chi connectivity index (χ0) is 13.7. The van der Waals surface area contributed by atoms with Crippen LogP contribution in [0, 0.1) is 0 Å². The van der Waals surface area contributed by atoms with Gasteiger partial charge in [-0.1, -0.05) is 20.3 Å². The third-order valence-electron chi connectivity index (χ3n) is 3.49. The summed E-state index contributed by atoms with van der Waals surface area (Å²) in [5, 5.41) is 4.40. The van der Waals surface area contributed by atoms with Gasteiger partial charge in [0.2, 0.25) is 0 Å². The minimum absolute atomic E-state index is 0.167. The van der Waals surface area contributed by atoms with Crippen LogP contribution in [0.3, 0.4) is 0 Å². The van der Waals surface area contributed by atoms with Crippen molar-refractivity contribution in [1.29, 1.82) is 0 Å². The summed E-state index contributed by atoms with van der Waals surface area (Å²) in [7, 11) is 1.99. The van der Waals surface area contributed by atoms with E-state index in [0.29, 0.717) is 0 Å². The summed E-state index contributed by atoms with van der Waals surface area (Å²) in [4.78, 5) is 8.65. The molecule has 0 aliphatic carbocycles. The molecule has 1 aromatic rings. The average molecular weight is 283 g/mol. The number of hydrogen-bond acceptors (Lipinski definition) is 5. The third-order valence-corrected chi connectivity index (χ3v) is 4.68. The lowest BCUT2D eigenvalue weighted by atomic mass is 10.2. The zero-order valence-corrected chi connectivity index (χ0v) is 13.1. The number of nitrogens with zero attached hydrogens (tertiary/aromatic N) is 2. The Labute approximate surface area is 120 Å². The van der Waals surface area contributed by atoms with Gasteiger partial charge in [0, 0.05) is 24.5 Å². The molecule has 0 aromatic carbocycles. The Kier molecular flexibility index (Phi) is 5.76. The molecule has 1 aliphatic rings. The number of thiazole rings is 1. The molecule has 4 nitrogen and oxygen atoms in total. The van der Waals surface area contributed by atoms with E-state index >= 15 is 0 Å². The first kappa shape index (κ1) is 14.9. The normalized spacial score (nSPS) is 20.9. The molecule has 1 fully saturated rings. The van der Waals surface area contributed by atoms with Crippen LogP contribution in [0.4, 0.5) is 0 Å². The molecule has 2 heterocycles. The predicted octanol–water partition coefficient (Wildman–Crippen LogP) is 2.21. The highest BCUT2D eigenvalue weighted by Crippen LogP contribution is 2.29. The Bertz CT molecular complexity index is 371. The first-order chi connectivity index (χ1) is 9.28. The molecule has 1 aromatic heterocycles. The Hall–Kier alpha value is -0.490. The van der Waals surface area contributed by atoms with Gasteiger partial charge in [0.25, 0.3) is 0 Å². The molecule has 2 rings (SSSR count). The van der Waals surface area contributed by atoms with E-state index < -0.39 is 0 Å². The monoisotopic (exact) mass is 283 g/mol. The largest absolute Gasteiger partial charge is 0.368 e. The smallest absolute Gasteiger partial charge is 0.123 e. The summed E-state index contributed by atoms with van der Waals surface area (Å²) in [5.41, 5.74) is 1.26. The van der Waals surface area contributed by atoms with E-state index in [1.807, 2.05) is 18.4 Å². The van der Waals surface area contributed by atoms with Gasteiger partial charge in [-0.2, -0.15) is 0 Å². The fourth-order valence-electron chi connectivity index (χ4n) is 2.41. The molecule has 1 N–H and O–H groups in total. The lowest BCUT2D eigenvalue weighted by Gasteiger charge is -2.30. The molecular formula is C14H25N3OS. The van der Waals surface area contributed by atoms with Crippen molar-refractivity contribution in [1.82, 2.24) is 15.2 Å². The number of aromatic nitrogens is 1. The third kappa shape index (κ3) is 3.75. The summed E-state index contributed by atoms with van der Waals surface area (Å²) in [6.07, 6.45) is 2.38. The van der Waals surface area contributed by atoms with Crippen LogP contribution in [0.1, 0.15) is 42.0 Å². The fourth-order valence-corrected chi connectivity index (χ4v) is 3.58. The van der Waals surface area contributed by atoms with E-state index in [2.05, 4.69) is 24.1 Å². The molecule has 0 radical (unpaired) electrons. The molecule has 1 saturated heterocycles. The van der Waals surface area contributed by atoms with Gasteiger partial charge in [-0.15, -0.1) is 11.3 Å². The van der Waals surface area contributed by atoms with Crippen molar-refractivity contribution in [2.24, 2.45) is 0 Å². The Balaban J connectivity index is 2.12. The van der Waals surface area contributed by atoms with Crippen molar-refractivity contribution < 1.29 is 4.74 Å². The second-order valence-electron chi connectivity index (χ2n) is 4.95. The number of morpholine rings is 1. The SMILES string of the molecule is CCCc1nc(C2CN(CC)CCO2)sc1CNC. The predicted molar refractivity (Wildman–Crippen MR) is 79.7 cm³/mol. The van der Waals surface area contributed by atoms with Gasteiger partial charge in [-0.05, 0) is 20.0 Å². The molecule has 5 heteroatoms. The number of aryl methyl sites for hydroxylation is 1. The first-order valence-corrected chi connectivity index (χ1v) is 8.07. The van der Waals surface area contributed by atoms with Gasteiger partial charge < -0.3 is 10.1 Å². The number of hydrogen-bond donors (Lipinski definition) is 1. The molecule has 0 bridgehead atoms. The summed E-state index contributed by atoms with van der Waals surface area (Å²) >= 11 is 1.82. The highest BCUT2D eigenvalue weighted by molar-refractivity contribution is 7.11. The van der Waals surface area contributed by atoms with Crippen molar-refractivity contribution in [2.45, 2.75) is 39.3 Å². The van der Waals surface area contributed by atoms with Crippen LogP contribution < -0.4 is 5.32 Å². The number of rotatable bonds is 6.